The number of thiophene rings is 1. The Hall–Kier alpha value is -7.72. The SMILES string of the molecule is c1ccc(-c2cccc(N(c3cccc(-c4ccc(-c5cccc6c5oc5ccccc56)cc4)c3)c3cccc(-c4cccc5ccc6sc7ccccc7c6c45)c3)c2)cc1. The van der Waals surface area contributed by atoms with Gasteiger partial charge in [-0.2, -0.15) is 0 Å². The molecule has 0 N–H and O–H groups in total. The first-order valence-corrected chi connectivity index (χ1v) is 21.6. The van der Waals surface area contributed by atoms with Crippen molar-refractivity contribution in [1.29, 1.82) is 0 Å². The number of nitrogens with zero attached hydrogens (tertiary/aromatic N) is 1. The molecular weight excluding hydrogens is 759 g/mol. The first-order valence-electron chi connectivity index (χ1n) is 20.7. The van der Waals surface area contributed by atoms with E-state index in [0.29, 0.717) is 0 Å². The van der Waals surface area contributed by atoms with E-state index in [-0.39, 0.29) is 0 Å². The van der Waals surface area contributed by atoms with Crippen LogP contribution in [0.25, 0.3) is 97.4 Å². The number of hydrogen-bond donors (Lipinski definition) is 0. The molecule has 0 unspecified atom stereocenters. The van der Waals surface area contributed by atoms with Gasteiger partial charge < -0.3 is 9.32 Å². The molecule has 2 heterocycles. The summed E-state index contributed by atoms with van der Waals surface area (Å²) in [5.74, 6) is 0. The van der Waals surface area contributed by atoms with Gasteiger partial charge in [-0.15, -0.1) is 11.3 Å². The molecule has 10 aromatic carbocycles. The van der Waals surface area contributed by atoms with Crippen LogP contribution >= 0.6 is 11.3 Å². The third-order valence-corrected chi connectivity index (χ3v) is 13.2. The molecule has 12 rings (SSSR count). The molecule has 0 aliphatic rings. The number of para-hydroxylation sites is 2. The normalized spacial score (nSPS) is 11.6. The second-order valence-electron chi connectivity index (χ2n) is 15.7. The van der Waals surface area contributed by atoms with Gasteiger partial charge in [0.25, 0.3) is 0 Å². The number of furan rings is 1. The fourth-order valence-electron chi connectivity index (χ4n) is 9.19. The summed E-state index contributed by atoms with van der Waals surface area (Å²) in [4.78, 5) is 2.40. The molecule has 286 valence electrons. The van der Waals surface area contributed by atoms with Crippen molar-refractivity contribution in [2.75, 3.05) is 4.90 Å². The van der Waals surface area contributed by atoms with E-state index in [1.807, 2.05) is 23.5 Å². The van der Waals surface area contributed by atoms with Crippen molar-refractivity contribution in [3.05, 3.63) is 224 Å². The minimum Gasteiger partial charge on any atom is -0.455 e. The van der Waals surface area contributed by atoms with Crippen LogP contribution in [0.1, 0.15) is 0 Å². The zero-order valence-corrected chi connectivity index (χ0v) is 33.9. The third-order valence-electron chi connectivity index (χ3n) is 12.0. The Bertz CT molecular complexity index is 3600. The molecule has 61 heavy (non-hydrogen) atoms. The third kappa shape index (κ3) is 6.09. The minimum absolute atomic E-state index is 0.910. The maximum atomic E-state index is 6.40. The van der Waals surface area contributed by atoms with Crippen LogP contribution in [0.4, 0.5) is 17.1 Å². The molecule has 0 aliphatic carbocycles. The van der Waals surface area contributed by atoms with Gasteiger partial charge in [-0.1, -0.05) is 170 Å². The lowest BCUT2D eigenvalue weighted by atomic mass is 9.94. The molecule has 0 spiro atoms. The van der Waals surface area contributed by atoms with E-state index < -0.39 is 0 Å². The molecule has 2 aromatic heterocycles. The molecule has 0 radical (unpaired) electrons. The highest BCUT2D eigenvalue weighted by molar-refractivity contribution is 7.26. The number of hydrogen-bond acceptors (Lipinski definition) is 3. The first kappa shape index (κ1) is 35.2. The summed E-state index contributed by atoms with van der Waals surface area (Å²) in [7, 11) is 0. The van der Waals surface area contributed by atoms with Gasteiger partial charge in [0, 0.05) is 53.6 Å². The van der Waals surface area contributed by atoms with Crippen molar-refractivity contribution in [2.24, 2.45) is 0 Å². The molecule has 0 fully saturated rings. The van der Waals surface area contributed by atoms with E-state index in [4.69, 9.17) is 4.42 Å². The van der Waals surface area contributed by atoms with Crippen LogP contribution in [-0.4, -0.2) is 0 Å². The Balaban J connectivity index is 0.983. The van der Waals surface area contributed by atoms with Gasteiger partial charge in [0.05, 0.1) is 0 Å². The van der Waals surface area contributed by atoms with Crippen molar-refractivity contribution in [2.45, 2.75) is 0 Å². The van der Waals surface area contributed by atoms with Crippen molar-refractivity contribution in [3.63, 3.8) is 0 Å². The summed E-state index contributed by atoms with van der Waals surface area (Å²) in [5.41, 5.74) is 14.4. The molecule has 0 aliphatic heterocycles. The highest BCUT2D eigenvalue weighted by atomic mass is 32.1. The molecule has 2 nitrogen and oxygen atoms in total. The number of benzene rings is 10. The largest absolute Gasteiger partial charge is 0.455 e. The second kappa shape index (κ2) is 14.5. The zero-order valence-electron chi connectivity index (χ0n) is 33.1. The summed E-state index contributed by atoms with van der Waals surface area (Å²) in [6, 6.07) is 81.2. The van der Waals surface area contributed by atoms with E-state index in [1.54, 1.807) is 0 Å². The Kier molecular flexibility index (Phi) is 8.39. The summed E-state index contributed by atoms with van der Waals surface area (Å²) in [5, 5.41) is 7.47. The summed E-state index contributed by atoms with van der Waals surface area (Å²) >= 11 is 1.87. The van der Waals surface area contributed by atoms with Crippen molar-refractivity contribution in [3.8, 4) is 44.5 Å². The monoisotopic (exact) mass is 795 g/mol. The Morgan fingerprint density at radius 2 is 0.885 bits per heavy atom. The molecule has 12 aromatic rings. The van der Waals surface area contributed by atoms with Crippen LogP contribution in [-0.2, 0) is 0 Å². The van der Waals surface area contributed by atoms with E-state index in [2.05, 4.69) is 217 Å². The van der Waals surface area contributed by atoms with E-state index >= 15 is 0 Å². The van der Waals surface area contributed by atoms with Gasteiger partial charge in [-0.05, 0) is 104 Å². The molecular formula is C58H37NOS. The highest BCUT2D eigenvalue weighted by Crippen LogP contribution is 2.45. The first-order chi connectivity index (χ1) is 30.2. The topological polar surface area (TPSA) is 16.4 Å². The smallest absolute Gasteiger partial charge is 0.143 e. The summed E-state index contributed by atoms with van der Waals surface area (Å²) in [6.45, 7) is 0. The lowest BCUT2D eigenvalue weighted by molar-refractivity contribution is 0.670. The predicted molar refractivity (Wildman–Crippen MR) is 261 cm³/mol. The van der Waals surface area contributed by atoms with Crippen molar-refractivity contribution < 1.29 is 4.42 Å². The maximum Gasteiger partial charge on any atom is 0.143 e. The lowest BCUT2D eigenvalue weighted by Gasteiger charge is -2.27. The molecule has 0 amide bonds. The predicted octanol–water partition coefficient (Wildman–Crippen LogP) is 17.2. The van der Waals surface area contributed by atoms with Crippen LogP contribution in [0.5, 0.6) is 0 Å². The average Bonchev–Trinajstić information content (AvgIpc) is 3.91. The van der Waals surface area contributed by atoms with Gasteiger partial charge in [-0.25, -0.2) is 0 Å². The second-order valence-corrected chi connectivity index (χ2v) is 16.7. The summed E-state index contributed by atoms with van der Waals surface area (Å²) in [6.07, 6.45) is 0. The number of rotatable bonds is 7. The fraction of sp³-hybridized carbons (Fsp3) is 0. The van der Waals surface area contributed by atoms with Gasteiger partial charge in [0.1, 0.15) is 11.2 Å². The number of anilines is 3. The number of fused-ring (bicyclic) bond motifs is 8. The standard InChI is InChI=1S/C58H37NOS/c1-2-13-38(14-3-1)42-16-8-19-45(35-42)59(47-21-10-18-44(37-47)48-24-11-15-41-33-34-55-57(56(41)48)52-23-5-7-28-54(52)61-55)46-20-9-17-43(36-46)39-29-31-40(32-30-39)49-25-12-26-51-50-22-4-6-27-53(50)60-58(49)51/h1-37H. The van der Waals surface area contributed by atoms with Crippen molar-refractivity contribution in [1.82, 2.24) is 0 Å². The minimum atomic E-state index is 0.910. The van der Waals surface area contributed by atoms with Crippen LogP contribution < -0.4 is 4.90 Å². The Morgan fingerprint density at radius 3 is 1.66 bits per heavy atom. The Morgan fingerprint density at radius 1 is 0.328 bits per heavy atom. The molecule has 3 heteroatoms. The van der Waals surface area contributed by atoms with Gasteiger partial charge in [0.15, 0.2) is 0 Å². The fourth-order valence-corrected chi connectivity index (χ4v) is 10.3. The van der Waals surface area contributed by atoms with E-state index in [9.17, 15) is 0 Å². The van der Waals surface area contributed by atoms with Gasteiger partial charge in [0.2, 0.25) is 0 Å². The molecule has 0 saturated carbocycles. The quantitative estimate of drug-likeness (QED) is 0.160. The van der Waals surface area contributed by atoms with E-state index in [1.165, 1.54) is 53.2 Å². The maximum absolute atomic E-state index is 6.40. The van der Waals surface area contributed by atoms with Crippen molar-refractivity contribution >= 4 is 81.3 Å². The lowest BCUT2D eigenvalue weighted by Crippen LogP contribution is -2.10. The van der Waals surface area contributed by atoms with E-state index in [0.717, 1.165) is 61.3 Å². The van der Waals surface area contributed by atoms with Crippen LogP contribution in [0.15, 0.2) is 229 Å². The van der Waals surface area contributed by atoms with Gasteiger partial charge >= 0.3 is 0 Å². The highest BCUT2D eigenvalue weighted by Gasteiger charge is 2.18. The van der Waals surface area contributed by atoms with Crippen LogP contribution in [0.2, 0.25) is 0 Å². The summed E-state index contributed by atoms with van der Waals surface area (Å²) < 4.78 is 9.03. The Labute approximate surface area is 357 Å². The van der Waals surface area contributed by atoms with Crippen LogP contribution in [0, 0.1) is 0 Å². The zero-order chi connectivity index (χ0) is 40.3. The van der Waals surface area contributed by atoms with Crippen LogP contribution in [0.3, 0.4) is 0 Å². The molecule has 0 atom stereocenters. The molecule has 0 saturated heterocycles. The molecule has 0 bridgehead atoms. The average molecular weight is 796 g/mol. The van der Waals surface area contributed by atoms with Gasteiger partial charge in [-0.3, -0.25) is 0 Å².